The Morgan fingerprint density at radius 1 is 1.18 bits per heavy atom. The highest BCUT2D eigenvalue weighted by Crippen LogP contribution is 2.19. The monoisotopic (exact) mass is 381 g/mol. The molecule has 2 rings (SSSR count). The molecule has 0 radical (unpaired) electrons. The summed E-state index contributed by atoms with van der Waals surface area (Å²) >= 11 is 4.86. The number of amides is 2. The minimum Gasteiger partial charge on any atom is -0.345 e. The second kappa shape index (κ2) is 7.02. The summed E-state index contributed by atoms with van der Waals surface area (Å²) in [6.07, 6.45) is 3.71. The Bertz CT molecular complexity index is 728. The molecule has 0 bridgehead atoms. The van der Waals surface area contributed by atoms with Crippen molar-refractivity contribution in [1.29, 1.82) is 0 Å². The highest BCUT2D eigenvalue weighted by Gasteiger charge is 2.14. The van der Waals surface area contributed by atoms with Crippen molar-refractivity contribution in [1.82, 2.24) is 15.4 Å². The number of halogens is 1. The van der Waals surface area contributed by atoms with Gasteiger partial charge in [-0.15, -0.1) is 11.8 Å². The summed E-state index contributed by atoms with van der Waals surface area (Å²) in [5.74, 6) is -0.713. The smallest absolute Gasteiger partial charge is 0.286 e. The molecule has 116 valence electrons. The third-order valence-electron chi connectivity index (χ3n) is 3.18. The standard InChI is InChI=1S/C15H16BrN3O2S/c1-9-4-5-11(22-3)7-12(9)14(20)17-18-15(21)13-6-10(16)8-19(13)2/h4-8H,1-3H3,(H,17,20)(H,18,21). The van der Waals surface area contributed by atoms with E-state index in [4.69, 9.17) is 0 Å². The van der Waals surface area contributed by atoms with Crippen LogP contribution >= 0.6 is 27.7 Å². The van der Waals surface area contributed by atoms with Gasteiger partial charge in [-0.2, -0.15) is 0 Å². The van der Waals surface area contributed by atoms with Gasteiger partial charge in [0, 0.05) is 28.2 Å². The summed E-state index contributed by atoms with van der Waals surface area (Å²) < 4.78 is 2.47. The number of nitrogens with one attached hydrogen (secondary N) is 2. The molecule has 1 aromatic heterocycles. The number of nitrogens with zero attached hydrogens (tertiary/aromatic N) is 1. The summed E-state index contributed by atoms with van der Waals surface area (Å²) in [7, 11) is 1.76. The van der Waals surface area contributed by atoms with E-state index in [1.54, 1.807) is 41.7 Å². The van der Waals surface area contributed by atoms with E-state index in [0.717, 1.165) is 14.9 Å². The Labute approximate surface area is 141 Å². The second-order valence-electron chi connectivity index (χ2n) is 4.74. The van der Waals surface area contributed by atoms with Crippen molar-refractivity contribution < 1.29 is 9.59 Å². The van der Waals surface area contributed by atoms with Gasteiger partial charge >= 0.3 is 0 Å². The molecular formula is C15H16BrN3O2S. The average molecular weight is 382 g/mol. The highest BCUT2D eigenvalue weighted by molar-refractivity contribution is 9.10. The zero-order valence-corrected chi connectivity index (χ0v) is 14.8. The Balaban J connectivity index is 2.07. The molecule has 5 nitrogen and oxygen atoms in total. The molecule has 0 saturated carbocycles. The molecule has 0 spiro atoms. The second-order valence-corrected chi connectivity index (χ2v) is 6.54. The number of benzene rings is 1. The van der Waals surface area contributed by atoms with Crippen molar-refractivity contribution >= 4 is 39.5 Å². The van der Waals surface area contributed by atoms with Crippen LogP contribution in [0, 0.1) is 6.92 Å². The van der Waals surface area contributed by atoms with Crippen LogP contribution in [0.5, 0.6) is 0 Å². The van der Waals surface area contributed by atoms with Crippen molar-refractivity contribution in [3.05, 3.63) is 51.8 Å². The van der Waals surface area contributed by atoms with E-state index in [-0.39, 0.29) is 11.8 Å². The van der Waals surface area contributed by atoms with Crippen LogP contribution in [-0.4, -0.2) is 22.6 Å². The summed E-state index contributed by atoms with van der Waals surface area (Å²) in [6.45, 7) is 1.86. The molecule has 2 amide bonds. The van der Waals surface area contributed by atoms with Gasteiger partial charge in [0.2, 0.25) is 0 Å². The van der Waals surface area contributed by atoms with Crippen molar-refractivity contribution in [3.63, 3.8) is 0 Å². The maximum atomic E-state index is 12.2. The number of rotatable bonds is 3. The fourth-order valence-electron chi connectivity index (χ4n) is 1.97. The lowest BCUT2D eigenvalue weighted by Gasteiger charge is -2.10. The van der Waals surface area contributed by atoms with Crippen molar-refractivity contribution in [3.8, 4) is 0 Å². The molecular weight excluding hydrogens is 366 g/mol. The summed E-state index contributed by atoms with van der Waals surface area (Å²) in [5.41, 5.74) is 6.72. The molecule has 0 aliphatic heterocycles. The molecule has 0 saturated heterocycles. The van der Waals surface area contributed by atoms with Crippen LogP contribution in [0.1, 0.15) is 26.4 Å². The van der Waals surface area contributed by atoms with Gasteiger partial charge in [-0.3, -0.25) is 20.4 Å². The maximum absolute atomic E-state index is 12.2. The first-order chi connectivity index (χ1) is 10.4. The Hall–Kier alpha value is -1.73. The minimum atomic E-state index is -0.375. The number of carbonyl (C=O) groups is 2. The number of hydrazine groups is 1. The van der Waals surface area contributed by atoms with Crippen LogP contribution in [0.2, 0.25) is 0 Å². The Morgan fingerprint density at radius 3 is 2.45 bits per heavy atom. The molecule has 1 aromatic carbocycles. The molecule has 7 heteroatoms. The van der Waals surface area contributed by atoms with Crippen LogP contribution in [0.4, 0.5) is 0 Å². The fraction of sp³-hybridized carbons (Fsp3) is 0.200. The number of hydrogen-bond acceptors (Lipinski definition) is 3. The lowest BCUT2D eigenvalue weighted by atomic mass is 10.1. The van der Waals surface area contributed by atoms with Gasteiger partial charge in [0.1, 0.15) is 5.69 Å². The van der Waals surface area contributed by atoms with E-state index in [9.17, 15) is 9.59 Å². The van der Waals surface area contributed by atoms with E-state index in [2.05, 4.69) is 26.8 Å². The molecule has 0 aliphatic rings. The average Bonchev–Trinajstić information content (AvgIpc) is 2.83. The maximum Gasteiger partial charge on any atom is 0.286 e. The van der Waals surface area contributed by atoms with E-state index in [1.807, 2.05) is 25.3 Å². The molecule has 2 aromatic rings. The predicted molar refractivity (Wildman–Crippen MR) is 91.0 cm³/mol. The molecule has 0 atom stereocenters. The molecule has 0 aliphatic carbocycles. The quantitative estimate of drug-likeness (QED) is 0.634. The molecule has 2 N–H and O–H groups in total. The van der Waals surface area contributed by atoms with Crippen LogP contribution in [-0.2, 0) is 7.05 Å². The van der Waals surface area contributed by atoms with Crippen LogP contribution in [0.15, 0.2) is 39.8 Å². The fourth-order valence-corrected chi connectivity index (χ4v) is 2.93. The Morgan fingerprint density at radius 2 is 1.86 bits per heavy atom. The van der Waals surface area contributed by atoms with Gasteiger partial charge in [-0.25, -0.2) is 0 Å². The van der Waals surface area contributed by atoms with Crippen molar-refractivity contribution in [2.75, 3.05) is 6.26 Å². The SMILES string of the molecule is CSc1ccc(C)c(C(=O)NNC(=O)c2cc(Br)cn2C)c1. The van der Waals surface area contributed by atoms with Gasteiger partial charge in [-0.05, 0) is 52.9 Å². The zero-order chi connectivity index (χ0) is 16.3. The number of aromatic nitrogens is 1. The van der Waals surface area contributed by atoms with E-state index < -0.39 is 0 Å². The largest absolute Gasteiger partial charge is 0.345 e. The third-order valence-corrected chi connectivity index (χ3v) is 4.34. The zero-order valence-electron chi connectivity index (χ0n) is 12.4. The summed E-state index contributed by atoms with van der Waals surface area (Å²) in [5, 5.41) is 0. The number of hydrogen-bond donors (Lipinski definition) is 2. The minimum absolute atomic E-state index is 0.338. The van der Waals surface area contributed by atoms with Crippen LogP contribution in [0.25, 0.3) is 0 Å². The molecule has 0 fully saturated rings. The van der Waals surface area contributed by atoms with Gasteiger partial charge in [0.25, 0.3) is 11.8 Å². The highest BCUT2D eigenvalue weighted by atomic mass is 79.9. The van der Waals surface area contributed by atoms with E-state index in [0.29, 0.717) is 11.3 Å². The first-order valence-electron chi connectivity index (χ1n) is 6.49. The summed E-state index contributed by atoms with van der Waals surface area (Å²) in [4.78, 5) is 25.3. The predicted octanol–water partition coefficient (Wildman–Crippen LogP) is 2.89. The van der Waals surface area contributed by atoms with E-state index >= 15 is 0 Å². The molecule has 0 unspecified atom stereocenters. The van der Waals surface area contributed by atoms with Gasteiger partial charge in [0.15, 0.2) is 0 Å². The number of thioether (sulfide) groups is 1. The molecule has 22 heavy (non-hydrogen) atoms. The number of carbonyl (C=O) groups excluding carboxylic acids is 2. The Kier molecular flexibility index (Phi) is 5.31. The third kappa shape index (κ3) is 3.72. The van der Waals surface area contributed by atoms with Crippen molar-refractivity contribution in [2.45, 2.75) is 11.8 Å². The first-order valence-corrected chi connectivity index (χ1v) is 8.51. The normalized spacial score (nSPS) is 10.4. The van der Waals surface area contributed by atoms with Gasteiger partial charge in [-0.1, -0.05) is 6.07 Å². The van der Waals surface area contributed by atoms with Gasteiger partial charge < -0.3 is 4.57 Å². The topological polar surface area (TPSA) is 63.1 Å². The van der Waals surface area contributed by atoms with E-state index in [1.165, 1.54) is 0 Å². The van der Waals surface area contributed by atoms with Crippen LogP contribution < -0.4 is 10.9 Å². The first kappa shape index (κ1) is 16.6. The summed E-state index contributed by atoms with van der Waals surface area (Å²) in [6, 6.07) is 7.33. The lowest BCUT2D eigenvalue weighted by molar-refractivity contribution is 0.0841. The van der Waals surface area contributed by atoms with Crippen LogP contribution in [0.3, 0.4) is 0 Å². The lowest BCUT2D eigenvalue weighted by Crippen LogP contribution is -2.42. The molecule has 1 heterocycles. The number of aryl methyl sites for hydroxylation is 2. The van der Waals surface area contributed by atoms with Crippen molar-refractivity contribution in [2.24, 2.45) is 7.05 Å². The van der Waals surface area contributed by atoms with Gasteiger partial charge in [0.05, 0.1) is 0 Å².